The van der Waals surface area contributed by atoms with Crippen LogP contribution in [0, 0.1) is 0 Å². The van der Waals surface area contributed by atoms with E-state index >= 15 is 0 Å². The molecule has 1 N–H and O–H groups in total. The zero-order valence-electron chi connectivity index (χ0n) is 18.4. The van der Waals surface area contributed by atoms with Gasteiger partial charge in [0.25, 0.3) is 11.8 Å². The van der Waals surface area contributed by atoms with Crippen LogP contribution in [-0.4, -0.2) is 38.0 Å². The molecule has 0 bridgehead atoms. The van der Waals surface area contributed by atoms with Crippen molar-refractivity contribution < 1.29 is 28.3 Å². The third-order valence-corrected chi connectivity index (χ3v) is 4.78. The fourth-order valence-electron chi connectivity index (χ4n) is 3.00. The van der Waals surface area contributed by atoms with E-state index in [4.69, 9.17) is 13.9 Å². The summed E-state index contributed by atoms with van der Waals surface area (Å²) in [6, 6.07) is 19.5. The summed E-state index contributed by atoms with van der Waals surface area (Å²) in [5.41, 5.74) is 0.732. The van der Waals surface area contributed by atoms with Gasteiger partial charge in [-0.05, 0) is 42.8 Å². The van der Waals surface area contributed by atoms with Crippen molar-refractivity contribution >= 4 is 23.5 Å². The monoisotopic (exact) mass is 450 g/mol. The molecule has 8 heteroatoms. The Hall–Kier alpha value is -4.07. The molecular weight excluding hydrogens is 424 g/mol. The first-order chi connectivity index (χ1) is 16.0. The predicted octanol–water partition coefficient (Wildman–Crippen LogP) is 3.57. The predicted molar refractivity (Wildman–Crippen MR) is 122 cm³/mol. The lowest BCUT2D eigenvalue weighted by Gasteiger charge is -2.20. The van der Waals surface area contributed by atoms with Crippen LogP contribution in [0.4, 0.5) is 5.69 Å². The maximum absolute atomic E-state index is 12.6. The molecule has 3 aromatic rings. The van der Waals surface area contributed by atoms with Gasteiger partial charge in [-0.2, -0.15) is 0 Å². The van der Waals surface area contributed by atoms with Crippen LogP contribution in [0.15, 0.2) is 77.4 Å². The minimum Gasteiger partial charge on any atom is -0.494 e. The Kier molecular flexibility index (Phi) is 8.64. The molecule has 1 aromatic heterocycles. The van der Waals surface area contributed by atoms with E-state index in [0.717, 1.165) is 5.75 Å². The third-order valence-electron chi connectivity index (χ3n) is 4.78. The van der Waals surface area contributed by atoms with Crippen molar-refractivity contribution in [1.29, 1.82) is 0 Å². The molecule has 0 aliphatic carbocycles. The zero-order valence-corrected chi connectivity index (χ0v) is 18.4. The molecule has 0 radical (unpaired) electrons. The first-order valence-electron chi connectivity index (χ1n) is 10.5. The lowest BCUT2D eigenvalue weighted by Crippen LogP contribution is -2.33. The second-order valence-corrected chi connectivity index (χ2v) is 7.16. The van der Waals surface area contributed by atoms with Gasteiger partial charge >= 0.3 is 5.97 Å². The number of nitrogens with zero attached hydrogens (tertiary/aromatic N) is 1. The fourth-order valence-corrected chi connectivity index (χ4v) is 3.00. The van der Waals surface area contributed by atoms with Crippen molar-refractivity contribution in [2.75, 3.05) is 25.2 Å². The highest BCUT2D eigenvalue weighted by Gasteiger charge is 2.19. The molecule has 33 heavy (non-hydrogen) atoms. The normalized spacial score (nSPS) is 10.3. The topological polar surface area (TPSA) is 98.1 Å². The third kappa shape index (κ3) is 7.24. The van der Waals surface area contributed by atoms with Gasteiger partial charge in [0, 0.05) is 13.5 Å². The Morgan fingerprint density at radius 3 is 2.48 bits per heavy atom. The number of hydrogen-bond acceptors (Lipinski definition) is 6. The summed E-state index contributed by atoms with van der Waals surface area (Å²) in [5.74, 6) is 0.0611. The lowest BCUT2D eigenvalue weighted by atomic mass is 10.1. The van der Waals surface area contributed by atoms with Gasteiger partial charge in [0.15, 0.2) is 6.61 Å². The van der Waals surface area contributed by atoms with Gasteiger partial charge in [-0.15, -0.1) is 0 Å². The Labute approximate surface area is 192 Å². The molecule has 172 valence electrons. The van der Waals surface area contributed by atoms with E-state index in [2.05, 4.69) is 5.32 Å². The molecule has 2 aromatic carbocycles. The van der Waals surface area contributed by atoms with E-state index in [9.17, 15) is 14.4 Å². The Morgan fingerprint density at radius 2 is 1.73 bits per heavy atom. The summed E-state index contributed by atoms with van der Waals surface area (Å²) in [7, 11) is 1.53. The second kappa shape index (κ2) is 12.1. The van der Waals surface area contributed by atoms with Gasteiger partial charge in [-0.25, -0.2) is 0 Å². The van der Waals surface area contributed by atoms with Gasteiger partial charge in [0.05, 0.1) is 30.7 Å². The van der Waals surface area contributed by atoms with Gasteiger partial charge in [0.2, 0.25) is 0 Å². The van der Waals surface area contributed by atoms with E-state index in [1.165, 1.54) is 18.2 Å². The van der Waals surface area contributed by atoms with Crippen molar-refractivity contribution in [3.63, 3.8) is 0 Å². The summed E-state index contributed by atoms with van der Waals surface area (Å²) in [6.07, 6.45) is 2.13. The number of ether oxygens (including phenoxy) is 2. The van der Waals surface area contributed by atoms with E-state index in [-0.39, 0.29) is 18.9 Å². The number of benzene rings is 2. The van der Waals surface area contributed by atoms with Crippen LogP contribution < -0.4 is 15.0 Å². The number of carbonyl (C=O) groups is 3. The van der Waals surface area contributed by atoms with Gasteiger partial charge in [0.1, 0.15) is 11.5 Å². The molecule has 0 aliphatic heterocycles. The van der Waals surface area contributed by atoms with Crippen LogP contribution in [-0.2, 0) is 20.9 Å². The Balaban J connectivity index is 1.45. The molecule has 0 fully saturated rings. The van der Waals surface area contributed by atoms with Crippen LogP contribution >= 0.6 is 0 Å². The number of amides is 2. The quantitative estimate of drug-likeness (QED) is 0.354. The number of hydrogen-bond donors (Lipinski definition) is 1. The highest BCUT2D eigenvalue weighted by atomic mass is 16.5. The molecule has 0 unspecified atom stereocenters. The maximum Gasteiger partial charge on any atom is 0.306 e. The molecule has 8 nitrogen and oxygen atoms in total. The molecule has 2 amide bonds. The Bertz CT molecular complexity index is 1050. The SMILES string of the molecule is CN(C(=O)COC(=O)CCCOc1ccccc1)c1ccccc1C(=O)NCc1ccco1. The largest absolute Gasteiger partial charge is 0.494 e. The highest BCUT2D eigenvalue weighted by molar-refractivity contribution is 6.05. The van der Waals surface area contributed by atoms with Crippen molar-refractivity contribution in [2.24, 2.45) is 0 Å². The van der Waals surface area contributed by atoms with Crippen LogP contribution in [0.5, 0.6) is 5.75 Å². The van der Waals surface area contributed by atoms with Crippen molar-refractivity contribution in [3.05, 3.63) is 84.3 Å². The van der Waals surface area contributed by atoms with E-state index in [1.54, 1.807) is 36.4 Å². The van der Waals surface area contributed by atoms with Gasteiger partial charge in [-0.1, -0.05) is 30.3 Å². The number of furan rings is 1. The smallest absolute Gasteiger partial charge is 0.306 e. The standard InChI is InChI=1S/C25H26N2O6/c1-27(22-13-6-5-12-21(22)25(30)26-17-20-11-7-15-32-20)23(28)18-33-24(29)14-8-16-31-19-9-3-2-4-10-19/h2-7,9-13,15H,8,14,16-18H2,1H3,(H,26,30). The van der Waals surface area contributed by atoms with Crippen molar-refractivity contribution in [2.45, 2.75) is 19.4 Å². The number of anilines is 1. The zero-order chi connectivity index (χ0) is 23.5. The minimum absolute atomic E-state index is 0.135. The molecule has 3 rings (SSSR count). The molecule has 0 aliphatic rings. The molecule has 0 atom stereocenters. The minimum atomic E-state index is -0.488. The molecule has 1 heterocycles. The van der Waals surface area contributed by atoms with Gasteiger partial charge < -0.3 is 24.1 Å². The number of likely N-dealkylation sites (N-methyl/N-ethyl adjacent to an activating group) is 1. The maximum atomic E-state index is 12.6. The molecule has 0 saturated heterocycles. The van der Waals surface area contributed by atoms with Gasteiger partial charge in [-0.3, -0.25) is 14.4 Å². The summed E-state index contributed by atoms with van der Waals surface area (Å²) >= 11 is 0. The number of carbonyl (C=O) groups excluding carboxylic acids is 3. The summed E-state index contributed by atoms with van der Waals surface area (Å²) < 4.78 is 15.8. The van der Waals surface area contributed by atoms with Crippen LogP contribution in [0.3, 0.4) is 0 Å². The van der Waals surface area contributed by atoms with E-state index in [0.29, 0.717) is 30.0 Å². The first-order valence-corrected chi connectivity index (χ1v) is 10.5. The Morgan fingerprint density at radius 1 is 0.970 bits per heavy atom. The van der Waals surface area contributed by atoms with E-state index < -0.39 is 18.5 Å². The molecule has 0 saturated carbocycles. The lowest BCUT2D eigenvalue weighted by molar-refractivity contribution is -0.148. The van der Waals surface area contributed by atoms with Crippen molar-refractivity contribution in [3.8, 4) is 5.75 Å². The highest BCUT2D eigenvalue weighted by Crippen LogP contribution is 2.20. The number of para-hydroxylation sites is 2. The van der Waals surface area contributed by atoms with Crippen LogP contribution in [0.25, 0.3) is 0 Å². The average molecular weight is 450 g/mol. The first kappa shape index (κ1) is 23.6. The number of esters is 1. The van der Waals surface area contributed by atoms with E-state index in [1.807, 2.05) is 30.3 Å². The van der Waals surface area contributed by atoms with Crippen molar-refractivity contribution in [1.82, 2.24) is 5.32 Å². The second-order valence-electron chi connectivity index (χ2n) is 7.16. The number of nitrogens with one attached hydrogen (secondary N) is 1. The fraction of sp³-hybridized carbons (Fsp3) is 0.240. The summed E-state index contributed by atoms with van der Waals surface area (Å²) in [4.78, 5) is 38.4. The summed E-state index contributed by atoms with van der Waals surface area (Å²) in [5, 5.41) is 2.76. The van der Waals surface area contributed by atoms with Crippen LogP contribution in [0.2, 0.25) is 0 Å². The van der Waals surface area contributed by atoms with Crippen LogP contribution in [0.1, 0.15) is 29.0 Å². The number of rotatable bonds is 11. The average Bonchev–Trinajstić information content (AvgIpc) is 3.37. The molecular formula is C25H26N2O6. The summed E-state index contributed by atoms with van der Waals surface area (Å²) in [6.45, 7) is 0.175. The molecule has 0 spiro atoms.